The van der Waals surface area contributed by atoms with Crippen LogP contribution in [0, 0.1) is 0 Å². The van der Waals surface area contributed by atoms with Crippen LogP contribution in [0.15, 0.2) is 310 Å². The molecule has 20 rings (SSSR count). The van der Waals surface area contributed by atoms with Crippen LogP contribution >= 0.6 is 63.7 Å². The lowest BCUT2D eigenvalue weighted by Crippen LogP contribution is -2.41. The van der Waals surface area contributed by atoms with Gasteiger partial charge in [-0.1, -0.05) is 221 Å². The fourth-order valence-corrected chi connectivity index (χ4v) is 14.6. The molecular weight excluding hydrogens is 1670 g/mol. The highest BCUT2D eigenvalue weighted by atomic mass is 79.9. The second kappa shape index (κ2) is 32.8. The summed E-state index contributed by atoms with van der Waals surface area (Å²) < 4.78 is 142. The topological polar surface area (TPSA) is 115 Å². The number of para-hydroxylation sites is 3. The van der Waals surface area contributed by atoms with Crippen molar-refractivity contribution in [1.82, 2.24) is 0 Å². The number of benzene rings is 14. The molecule has 14 aromatic carbocycles. The minimum absolute atomic E-state index is 0.0668. The second-order valence-corrected chi connectivity index (χ2v) is 34.1. The van der Waals surface area contributed by atoms with Gasteiger partial charge in [-0.3, -0.25) is 4.39 Å². The summed E-state index contributed by atoms with van der Waals surface area (Å²) in [5.41, 5.74) is 6.98. The second-order valence-electron chi connectivity index (χ2n) is 30.7. The van der Waals surface area contributed by atoms with Gasteiger partial charge in [-0.05, 0) is 270 Å². The molecule has 0 amide bonds. The molecule has 10 nitrogen and oxygen atoms in total. The van der Waals surface area contributed by atoms with Crippen molar-refractivity contribution in [3.63, 3.8) is 0 Å². The third-order valence-corrected chi connectivity index (χ3v) is 23.4. The SMILES string of the molecule is Brc1ccc2cc3oc4ccccc4c3cc2c1.CC1(C)OB(B2OC(C)(C)C(C)(C)O2)OC1(C)C.CC1(C)OB(c2ccc3cc4oc5ccccc5c4cc3c2)OC1(C)C.Oc1cc2ccc(Br)cc2cc1-c1ccccc1.[2H]CF.[2H]c1c([2H])c(Br)c([2H])c([2H])c1Br.[2H]c1c([2H])c([2H])c(-c2ccc3cc4oc5ccccc5c4cc3c2)c([2H])c1[2H]. The lowest BCUT2D eigenvalue weighted by atomic mass is 9.49. The summed E-state index contributed by atoms with van der Waals surface area (Å²) in [6, 6.07) is 73.0. The molecule has 0 aliphatic carbocycles. The van der Waals surface area contributed by atoms with Crippen molar-refractivity contribution in [3.8, 4) is 28.0 Å². The lowest BCUT2D eigenvalue weighted by Gasteiger charge is -2.32. The standard InChI is InChI=1S/C22H21BO3.C22H14O.C16H9BrO.C16H11BrO.C12H24B2O4.C6H4Br2.CH3F/c1-21(2)22(3,4)26-23(25-21)16-10-9-14-13-20-18(12-15(14)11-16)17-7-5-6-8-19(17)24-20;1-2-6-15(7-3-1)16-10-11-17-14-22-20(13-18(17)12-16)19-8-4-5-9-21(19)23-22;17-12-6-5-10-9-16-14(8-11(10)7-12)13-3-1-2-4-15(13)18-16;17-14-7-6-12-10-16(18)15(9-13(12)8-14)11-4-2-1-3-5-11;1-9(2)10(3,4)16-13(15-9)14-17-11(5,6)12(7,8)18-14;7-5-1-2-6(8)4-3-5;1-2/h5-13H,1-4H3;1-14H;1-9H;1-10,18H;1-8H3;1-4H;1H3/i;1D,2D,3D,6D,7D;;;;1D,2D,3D,4D;1D. The first kappa shape index (κ1) is 68.5. The molecule has 3 aromatic heterocycles. The smallest absolute Gasteiger partial charge is 0.494 e. The van der Waals surface area contributed by atoms with Gasteiger partial charge in [-0.2, -0.15) is 0 Å². The number of fused-ring (bicyclic) bond motifs is 13. The van der Waals surface area contributed by atoms with E-state index in [-0.39, 0.29) is 110 Å². The van der Waals surface area contributed by atoms with E-state index in [1.165, 1.54) is 21.5 Å². The van der Waals surface area contributed by atoms with Crippen LogP contribution in [0.5, 0.6) is 5.75 Å². The number of rotatable bonds is 4. The number of hydrogen-bond donors (Lipinski definition) is 1. The molecule has 570 valence electrons. The fraction of sp³-hybridized carbons (Fsp3) is 0.200. The molecule has 3 aliphatic heterocycles. The Labute approximate surface area is 707 Å². The Hall–Kier alpha value is -8.88. The van der Waals surface area contributed by atoms with E-state index in [0.717, 1.165) is 113 Å². The van der Waals surface area contributed by atoms with Crippen molar-refractivity contribution in [1.29, 1.82) is 0 Å². The first-order chi connectivity index (χ1) is 58.1. The zero-order chi connectivity index (χ0) is 88.5. The van der Waals surface area contributed by atoms with Gasteiger partial charge in [-0.25, -0.2) is 0 Å². The van der Waals surface area contributed by atoms with Gasteiger partial charge in [0.25, 0.3) is 0 Å². The molecule has 6 heterocycles. The summed E-state index contributed by atoms with van der Waals surface area (Å²) in [4.78, 5) is 0. The van der Waals surface area contributed by atoms with Gasteiger partial charge in [0.15, 0.2) is 0 Å². The molecule has 0 saturated carbocycles. The van der Waals surface area contributed by atoms with Gasteiger partial charge in [0.1, 0.15) is 39.2 Å². The molecule has 1 N–H and O–H groups in total. The van der Waals surface area contributed by atoms with Crippen molar-refractivity contribution < 1.29 is 64.4 Å². The Kier molecular flexibility index (Phi) is 19.9. The van der Waals surface area contributed by atoms with Crippen LogP contribution in [0.1, 0.15) is 96.8 Å². The fourth-order valence-electron chi connectivity index (χ4n) is 13.5. The highest BCUT2D eigenvalue weighted by molar-refractivity contribution is 9.11. The zero-order valence-corrected chi connectivity index (χ0v) is 70.7. The van der Waals surface area contributed by atoms with Crippen molar-refractivity contribution in [2.24, 2.45) is 0 Å². The minimum atomic E-state index is -1.00. The van der Waals surface area contributed by atoms with E-state index >= 15 is 0 Å². The molecule has 0 unspecified atom stereocenters. The Balaban J connectivity index is 0.000000122. The van der Waals surface area contributed by atoms with Gasteiger partial charge in [0, 0.05) is 55.8 Å². The summed E-state index contributed by atoms with van der Waals surface area (Å²) in [6.45, 7) is 24.5. The van der Waals surface area contributed by atoms with E-state index in [1.807, 2.05) is 195 Å². The summed E-state index contributed by atoms with van der Waals surface area (Å²) in [5, 5.41) is 25.5. The Morgan fingerprint density at radius 2 is 0.664 bits per heavy atom. The molecular formula is C95H86B3Br4FO10. The third kappa shape index (κ3) is 17.3. The normalized spacial score (nSPS) is 17.3. The van der Waals surface area contributed by atoms with Gasteiger partial charge in [0.05, 0.1) is 54.5 Å². The van der Waals surface area contributed by atoms with Crippen molar-refractivity contribution in [2.45, 2.75) is 117 Å². The molecule has 18 heteroatoms. The average molecular weight is 1770 g/mol. The third-order valence-electron chi connectivity index (χ3n) is 21.6. The van der Waals surface area contributed by atoms with Crippen LogP contribution in [-0.2, 0) is 27.9 Å². The molecule has 113 heavy (non-hydrogen) atoms. The van der Waals surface area contributed by atoms with E-state index in [9.17, 15) is 9.50 Å². The van der Waals surface area contributed by atoms with E-state index in [1.54, 1.807) is 6.07 Å². The van der Waals surface area contributed by atoms with Crippen molar-refractivity contribution in [2.75, 3.05) is 7.15 Å². The summed E-state index contributed by atoms with van der Waals surface area (Å²) in [6.07, 6.45) is 0. The Bertz CT molecular complexity index is 6720. The number of furan rings is 3. The average Bonchev–Trinajstić information content (AvgIpc) is 1.61. The van der Waals surface area contributed by atoms with Gasteiger partial charge >= 0.3 is 21.1 Å². The van der Waals surface area contributed by atoms with E-state index < -0.39 is 21.2 Å². The molecule has 17 aromatic rings. The number of halogens is 5. The van der Waals surface area contributed by atoms with Gasteiger partial charge < -0.3 is 46.3 Å². The lowest BCUT2D eigenvalue weighted by molar-refractivity contribution is 0.00578. The zero-order valence-electron chi connectivity index (χ0n) is 74.3. The number of phenols is 1. The summed E-state index contributed by atoms with van der Waals surface area (Å²) in [5.74, 6) is 0.316. The monoisotopic (exact) mass is 1760 g/mol. The quantitative estimate of drug-likeness (QED) is 0.171. The molecule has 0 radical (unpaired) electrons. The van der Waals surface area contributed by atoms with E-state index in [2.05, 4.69) is 170 Å². The predicted octanol–water partition coefficient (Wildman–Crippen LogP) is 28.0. The Morgan fingerprint density at radius 3 is 1.10 bits per heavy atom. The van der Waals surface area contributed by atoms with Crippen molar-refractivity contribution in [3.05, 3.63) is 297 Å². The van der Waals surface area contributed by atoms with Crippen LogP contribution in [0.25, 0.3) is 131 Å². The first-order valence-corrected chi connectivity index (χ1v) is 39.9. The first-order valence-electron chi connectivity index (χ1n) is 41.9. The maximum Gasteiger partial charge on any atom is 0.494 e. The highest BCUT2D eigenvalue weighted by Gasteiger charge is 2.64. The number of alkyl halides is 1. The van der Waals surface area contributed by atoms with Gasteiger partial charge in [0.2, 0.25) is 0 Å². The van der Waals surface area contributed by atoms with Crippen LogP contribution in [0.4, 0.5) is 4.39 Å². The van der Waals surface area contributed by atoms with Crippen LogP contribution in [-0.4, -0.2) is 67.0 Å². The molecule has 3 fully saturated rings. The largest absolute Gasteiger partial charge is 0.507 e. The van der Waals surface area contributed by atoms with Crippen LogP contribution < -0.4 is 5.46 Å². The number of hydrogen-bond acceptors (Lipinski definition) is 10. The summed E-state index contributed by atoms with van der Waals surface area (Å²) >= 11 is 12.9. The number of phenolic OH excluding ortho intramolecular Hbond substituents is 1. The van der Waals surface area contributed by atoms with E-state index in [4.69, 9.17) is 54.9 Å². The van der Waals surface area contributed by atoms with Crippen molar-refractivity contribution >= 4 is 199 Å². The minimum Gasteiger partial charge on any atom is -0.507 e. The predicted molar refractivity (Wildman–Crippen MR) is 482 cm³/mol. The molecule has 0 spiro atoms. The molecule has 0 atom stereocenters. The molecule has 0 bridgehead atoms. The summed E-state index contributed by atoms with van der Waals surface area (Å²) in [7, 11) is -2.30. The number of aromatic hydroxyl groups is 1. The van der Waals surface area contributed by atoms with Crippen LogP contribution in [0.3, 0.4) is 0 Å². The highest BCUT2D eigenvalue weighted by Crippen LogP contribution is 2.45. The van der Waals surface area contributed by atoms with E-state index in [0.29, 0.717) is 11.3 Å². The molecule has 3 aliphatic rings. The molecule has 3 saturated heterocycles. The maximum atomic E-state index is 10.1. The maximum absolute atomic E-state index is 10.1. The van der Waals surface area contributed by atoms with Gasteiger partial charge in [-0.15, -0.1) is 0 Å². The Morgan fingerprint density at radius 1 is 0.310 bits per heavy atom. The van der Waals surface area contributed by atoms with Crippen LogP contribution in [0.2, 0.25) is 0 Å².